The minimum atomic E-state index is -0.430. The fourth-order valence-electron chi connectivity index (χ4n) is 2.94. The number of amides is 1. The average Bonchev–Trinajstić information content (AvgIpc) is 2.60. The number of phenols is 1. The Bertz CT molecular complexity index is 1080. The van der Waals surface area contributed by atoms with Crippen molar-refractivity contribution >= 4 is 22.4 Å². The number of hydrogen-bond donors (Lipinski definition) is 2. The number of nitrogens with zero attached hydrogens (tertiary/aromatic N) is 2. The van der Waals surface area contributed by atoms with Gasteiger partial charge in [-0.3, -0.25) is 9.59 Å². The lowest BCUT2D eigenvalue weighted by atomic mass is 9.87. The lowest BCUT2D eigenvalue weighted by Crippen LogP contribution is -2.30. The van der Waals surface area contributed by atoms with Crippen LogP contribution in [0.2, 0.25) is 0 Å². The van der Waals surface area contributed by atoms with E-state index >= 15 is 0 Å². The molecule has 0 aliphatic heterocycles. The van der Waals surface area contributed by atoms with E-state index in [0.29, 0.717) is 16.8 Å². The third-order valence-corrected chi connectivity index (χ3v) is 4.48. The van der Waals surface area contributed by atoms with Crippen molar-refractivity contribution in [2.45, 2.75) is 39.7 Å². The maximum Gasteiger partial charge on any atom is 0.275 e. The Labute approximate surface area is 157 Å². The molecule has 3 rings (SSSR count). The Hall–Kier alpha value is -3.15. The Morgan fingerprint density at radius 1 is 1.15 bits per heavy atom. The van der Waals surface area contributed by atoms with Crippen LogP contribution in [-0.4, -0.2) is 20.8 Å². The normalized spacial score (nSPS) is 11.6. The number of fused-ring (bicyclic) bond motifs is 1. The molecule has 0 bridgehead atoms. The molecule has 27 heavy (non-hydrogen) atoms. The van der Waals surface area contributed by atoms with E-state index in [0.717, 1.165) is 15.6 Å². The van der Waals surface area contributed by atoms with Gasteiger partial charge in [-0.1, -0.05) is 45.0 Å². The number of benzene rings is 2. The third kappa shape index (κ3) is 3.84. The van der Waals surface area contributed by atoms with Crippen molar-refractivity contribution in [1.29, 1.82) is 0 Å². The quantitative estimate of drug-likeness (QED) is 0.697. The second-order valence-corrected chi connectivity index (χ2v) is 7.62. The topological polar surface area (TPSA) is 84.2 Å². The number of phenolic OH excluding ortho intramolecular Hbond substituents is 1. The smallest absolute Gasteiger partial charge is 0.275 e. The number of nitrogens with one attached hydrogen (secondary N) is 1. The van der Waals surface area contributed by atoms with Gasteiger partial charge in [0.15, 0.2) is 0 Å². The number of rotatable bonds is 3. The fourth-order valence-corrected chi connectivity index (χ4v) is 2.94. The monoisotopic (exact) mass is 365 g/mol. The Balaban J connectivity index is 1.88. The molecule has 0 aliphatic rings. The summed E-state index contributed by atoms with van der Waals surface area (Å²) in [4.78, 5) is 25.1. The summed E-state index contributed by atoms with van der Waals surface area (Å²) in [6.45, 7) is 7.71. The van der Waals surface area contributed by atoms with Crippen molar-refractivity contribution in [3.63, 3.8) is 0 Å². The molecular formula is C21H23N3O3. The standard InChI is InChI=1S/C21H23N3O3/c1-13-15-7-5-6-8-16(15)20(27)24(23-13)12-19(26)22-17-11-14(21(2,3)4)9-10-18(17)25/h5-11,25H,12H2,1-4H3,(H,22,26). The molecule has 1 heterocycles. The van der Waals surface area contributed by atoms with Crippen molar-refractivity contribution in [3.8, 4) is 5.75 Å². The van der Waals surface area contributed by atoms with Gasteiger partial charge in [-0.15, -0.1) is 0 Å². The largest absolute Gasteiger partial charge is 0.506 e. The number of carbonyl (C=O) groups is 1. The zero-order valence-electron chi connectivity index (χ0n) is 15.9. The first kappa shape index (κ1) is 18.6. The van der Waals surface area contributed by atoms with Crippen LogP contribution in [0, 0.1) is 6.92 Å². The first-order chi connectivity index (χ1) is 12.7. The molecule has 0 saturated heterocycles. The summed E-state index contributed by atoms with van der Waals surface area (Å²) in [7, 11) is 0. The summed E-state index contributed by atoms with van der Waals surface area (Å²) in [5, 5.41) is 18.3. The van der Waals surface area contributed by atoms with Gasteiger partial charge in [0.05, 0.1) is 16.8 Å². The molecule has 0 aliphatic carbocycles. The van der Waals surface area contributed by atoms with Crippen molar-refractivity contribution in [1.82, 2.24) is 9.78 Å². The van der Waals surface area contributed by atoms with Crippen LogP contribution in [0.15, 0.2) is 47.3 Å². The zero-order valence-corrected chi connectivity index (χ0v) is 15.9. The molecule has 140 valence electrons. The molecule has 0 atom stereocenters. The summed E-state index contributed by atoms with van der Waals surface area (Å²) in [5.41, 5.74) is 1.53. The van der Waals surface area contributed by atoms with E-state index in [1.807, 2.05) is 39.0 Å². The van der Waals surface area contributed by atoms with E-state index < -0.39 is 5.91 Å². The van der Waals surface area contributed by atoms with Crippen LogP contribution >= 0.6 is 0 Å². The highest BCUT2D eigenvalue weighted by atomic mass is 16.3. The molecule has 1 amide bonds. The summed E-state index contributed by atoms with van der Waals surface area (Å²) < 4.78 is 1.15. The summed E-state index contributed by atoms with van der Waals surface area (Å²) in [6, 6.07) is 12.3. The molecule has 3 aromatic rings. The summed E-state index contributed by atoms with van der Waals surface area (Å²) in [6.07, 6.45) is 0. The number of carbonyl (C=O) groups excluding carboxylic acids is 1. The SMILES string of the molecule is Cc1nn(CC(=O)Nc2cc(C(C)(C)C)ccc2O)c(=O)c2ccccc12. The van der Waals surface area contributed by atoms with Crippen molar-refractivity contribution < 1.29 is 9.90 Å². The third-order valence-electron chi connectivity index (χ3n) is 4.48. The van der Waals surface area contributed by atoms with E-state index in [-0.39, 0.29) is 23.3 Å². The predicted molar refractivity (Wildman–Crippen MR) is 106 cm³/mol. The molecule has 6 heteroatoms. The van der Waals surface area contributed by atoms with Crippen LogP contribution in [0.4, 0.5) is 5.69 Å². The van der Waals surface area contributed by atoms with Gasteiger partial charge in [-0.05, 0) is 36.1 Å². The van der Waals surface area contributed by atoms with Crippen LogP contribution in [0.3, 0.4) is 0 Å². The summed E-state index contributed by atoms with van der Waals surface area (Å²) >= 11 is 0. The summed E-state index contributed by atoms with van der Waals surface area (Å²) in [5.74, 6) is -0.452. The Kier molecular flexibility index (Phi) is 4.74. The second-order valence-electron chi connectivity index (χ2n) is 7.62. The maximum atomic E-state index is 12.6. The highest BCUT2D eigenvalue weighted by Crippen LogP contribution is 2.30. The van der Waals surface area contributed by atoms with E-state index in [4.69, 9.17) is 0 Å². The zero-order chi connectivity index (χ0) is 19.8. The van der Waals surface area contributed by atoms with Crippen LogP contribution in [0.25, 0.3) is 10.8 Å². The van der Waals surface area contributed by atoms with Gasteiger partial charge in [0.25, 0.3) is 5.56 Å². The molecule has 0 radical (unpaired) electrons. The number of aromatic nitrogens is 2. The molecule has 0 saturated carbocycles. The van der Waals surface area contributed by atoms with Crippen molar-refractivity contribution in [2.75, 3.05) is 5.32 Å². The van der Waals surface area contributed by atoms with E-state index in [9.17, 15) is 14.7 Å². The molecular weight excluding hydrogens is 342 g/mol. The highest BCUT2D eigenvalue weighted by Gasteiger charge is 2.17. The predicted octanol–water partition coefficient (Wildman–Crippen LogP) is 3.35. The van der Waals surface area contributed by atoms with Crippen LogP contribution in [-0.2, 0) is 16.8 Å². The average molecular weight is 365 g/mol. The van der Waals surface area contributed by atoms with Gasteiger partial charge in [-0.2, -0.15) is 5.10 Å². The molecule has 1 aromatic heterocycles. The maximum absolute atomic E-state index is 12.6. The number of aryl methyl sites for hydroxylation is 1. The fraction of sp³-hybridized carbons (Fsp3) is 0.286. The highest BCUT2D eigenvalue weighted by molar-refractivity contribution is 5.92. The molecule has 2 aromatic carbocycles. The minimum Gasteiger partial charge on any atom is -0.506 e. The minimum absolute atomic E-state index is 0.0219. The van der Waals surface area contributed by atoms with Gasteiger partial charge in [-0.25, -0.2) is 4.68 Å². The number of hydrogen-bond acceptors (Lipinski definition) is 4. The second kappa shape index (κ2) is 6.87. The first-order valence-corrected chi connectivity index (χ1v) is 8.76. The lowest BCUT2D eigenvalue weighted by Gasteiger charge is -2.20. The molecule has 0 fully saturated rings. The Morgan fingerprint density at radius 2 is 1.81 bits per heavy atom. The molecule has 2 N–H and O–H groups in total. The molecule has 0 unspecified atom stereocenters. The van der Waals surface area contributed by atoms with Crippen LogP contribution in [0.1, 0.15) is 32.0 Å². The van der Waals surface area contributed by atoms with Crippen LogP contribution in [0.5, 0.6) is 5.75 Å². The van der Waals surface area contributed by atoms with E-state index in [2.05, 4.69) is 10.4 Å². The van der Waals surface area contributed by atoms with Gasteiger partial charge < -0.3 is 10.4 Å². The van der Waals surface area contributed by atoms with Gasteiger partial charge in [0, 0.05) is 5.39 Å². The van der Waals surface area contributed by atoms with Gasteiger partial charge >= 0.3 is 0 Å². The number of anilines is 1. The Morgan fingerprint density at radius 3 is 2.48 bits per heavy atom. The van der Waals surface area contributed by atoms with Gasteiger partial charge in [0.2, 0.25) is 5.91 Å². The lowest BCUT2D eigenvalue weighted by molar-refractivity contribution is -0.117. The van der Waals surface area contributed by atoms with E-state index in [1.54, 1.807) is 31.2 Å². The van der Waals surface area contributed by atoms with E-state index in [1.165, 1.54) is 0 Å². The van der Waals surface area contributed by atoms with Gasteiger partial charge in [0.1, 0.15) is 12.3 Å². The number of aromatic hydroxyl groups is 1. The van der Waals surface area contributed by atoms with Crippen LogP contribution < -0.4 is 10.9 Å². The molecule has 6 nitrogen and oxygen atoms in total. The van der Waals surface area contributed by atoms with Crippen molar-refractivity contribution in [2.24, 2.45) is 0 Å². The van der Waals surface area contributed by atoms with Crippen molar-refractivity contribution in [3.05, 3.63) is 64.1 Å². The molecule has 0 spiro atoms. The first-order valence-electron chi connectivity index (χ1n) is 8.76.